The number of anilines is 1. The Balaban J connectivity index is 1.67. The van der Waals surface area contributed by atoms with Gasteiger partial charge in [-0.15, -0.1) is 0 Å². The number of methoxy groups -OCH3 is 1. The minimum absolute atomic E-state index is 0.0291. The van der Waals surface area contributed by atoms with Crippen LogP contribution in [0.15, 0.2) is 83.8 Å². The van der Waals surface area contributed by atoms with Gasteiger partial charge in [-0.1, -0.05) is 56.5 Å². The number of carbonyl (C=O) groups excluding carboxylic acids is 2. The summed E-state index contributed by atoms with van der Waals surface area (Å²) in [6.07, 6.45) is 5.48. The quantitative estimate of drug-likeness (QED) is 0.253. The summed E-state index contributed by atoms with van der Waals surface area (Å²) in [7, 11) is -2.58. The van der Waals surface area contributed by atoms with Gasteiger partial charge in [0.1, 0.15) is 24.1 Å². The number of amides is 2. The van der Waals surface area contributed by atoms with Crippen LogP contribution in [0.2, 0.25) is 0 Å². The Kier molecular flexibility index (Phi) is 11.7. The number of sulfonamides is 1. The Morgan fingerprint density at radius 1 is 0.886 bits per heavy atom. The van der Waals surface area contributed by atoms with Crippen LogP contribution in [0.1, 0.15) is 57.9 Å². The lowest BCUT2D eigenvalue weighted by atomic mass is 9.95. The predicted octanol–water partition coefficient (Wildman–Crippen LogP) is 5.55. The van der Waals surface area contributed by atoms with Crippen LogP contribution in [-0.4, -0.2) is 57.5 Å². The minimum atomic E-state index is -4.16. The number of para-hydroxylation sites is 1. The van der Waals surface area contributed by atoms with E-state index in [9.17, 15) is 18.0 Å². The van der Waals surface area contributed by atoms with Gasteiger partial charge in [0.25, 0.3) is 10.0 Å². The van der Waals surface area contributed by atoms with Crippen molar-refractivity contribution in [2.24, 2.45) is 0 Å². The molecule has 0 radical (unpaired) electrons. The number of benzene rings is 3. The van der Waals surface area contributed by atoms with E-state index in [1.165, 1.54) is 17.0 Å². The maximum Gasteiger partial charge on any atom is 0.264 e. The molecule has 0 heterocycles. The summed E-state index contributed by atoms with van der Waals surface area (Å²) in [6.45, 7) is 3.82. The number of hydrogen-bond donors (Lipinski definition) is 1. The summed E-state index contributed by atoms with van der Waals surface area (Å²) in [6, 6.07) is 21.3. The van der Waals surface area contributed by atoms with Crippen LogP contribution in [0, 0.1) is 0 Å². The van der Waals surface area contributed by atoms with E-state index in [4.69, 9.17) is 9.47 Å². The van der Waals surface area contributed by atoms with E-state index in [0.717, 1.165) is 42.0 Å². The lowest BCUT2D eigenvalue weighted by Gasteiger charge is -2.34. The zero-order valence-corrected chi connectivity index (χ0v) is 26.6. The van der Waals surface area contributed by atoms with Gasteiger partial charge >= 0.3 is 0 Å². The van der Waals surface area contributed by atoms with Crippen molar-refractivity contribution < 1.29 is 27.5 Å². The molecule has 1 aliphatic carbocycles. The molecule has 2 amide bonds. The smallest absolute Gasteiger partial charge is 0.264 e. The molecule has 1 atom stereocenters. The summed E-state index contributed by atoms with van der Waals surface area (Å²) in [5.74, 6) is 0.520. The number of rotatable bonds is 14. The van der Waals surface area contributed by atoms with Gasteiger partial charge in [0.2, 0.25) is 11.8 Å². The molecule has 3 aromatic carbocycles. The highest BCUT2D eigenvalue weighted by Gasteiger charge is 2.34. The number of nitrogens with one attached hydrogen (secondary N) is 1. The minimum Gasteiger partial charge on any atom is -0.497 e. The second-order valence-corrected chi connectivity index (χ2v) is 12.8. The molecule has 4 rings (SSSR count). The zero-order chi connectivity index (χ0) is 31.5. The van der Waals surface area contributed by atoms with Gasteiger partial charge in [0.15, 0.2) is 0 Å². The van der Waals surface area contributed by atoms with Gasteiger partial charge in [0.05, 0.1) is 24.3 Å². The average molecular weight is 622 g/mol. The third-order valence-corrected chi connectivity index (χ3v) is 9.68. The van der Waals surface area contributed by atoms with Gasteiger partial charge in [-0.3, -0.25) is 13.9 Å². The van der Waals surface area contributed by atoms with Crippen LogP contribution >= 0.6 is 0 Å². The lowest BCUT2D eigenvalue weighted by molar-refractivity contribution is -0.140. The van der Waals surface area contributed by atoms with Crippen LogP contribution in [-0.2, 0) is 26.2 Å². The summed E-state index contributed by atoms with van der Waals surface area (Å²) in [5.41, 5.74) is 1.14. The highest BCUT2D eigenvalue weighted by Crippen LogP contribution is 2.26. The van der Waals surface area contributed by atoms with Gasteiger partial charge < -0.3 is 19.7 Å². The van der Waals surface area contributed by atoms with Crippen LogP contribution in [0.4, 0.5) is 5.69 Å². The Morgan fingerprint density at radius 3 is 2.11 bits per heavy atom. The van der Waals surface area contributed by atoms with Crippen molar-refractivity contribution in [2.45, 2.75) is 75.9 Å². The summed E-state index contributed by atoms with van der Waals surface area (Å²) < 4.78 is 40.0. The Morgan fingerprint density at radius 2 is 1.52 bits per heavy atom. The molecule has 0 aliphatic heterocycles. The summed E-state index contributed by atoms with van der Waals surface area (Å²) in [4.78, 5) is 29.5. The second kappa shape index (κ2) is 15.6. The number of hydrogen-bond acceptors (Lipinski definition) is 6. The third kappa shape index (κ3) is 8.31. The highest BCUT2D eigenvalue weighted by molar-refractivity contribution is 7.92. The molecule has 0 aromatic heterocycles. The standard InChI is InChI=1S/C34H43N3O6S/c1-4-32(34(39)35-27-12-8-6-9-13-27)36(24-26-16-18-29(42-3)19-17-26)33(38)25-37(28-14-10-7-11-15-28)44(40,41)31-22-20-30(21-23-31)43-5-2/h7,10-11,14-23,27,32H,4-6,8-9,12-13,24-25H2,1-3H3,(H,35,39)/t32-/m0/s1. The van der Waals surface area contributed by atoms with E-state index in [2.05, 4.69) is 5.32 Å². The molecular weight excluding hydrogens is 578 g/mol. The topological polar surface area (TPSA) is 105 Å². The van der Waals surface area contributed by atoms with Gasteiger partial charge in [-0.25, -0.2) is 8.42 Å². The molecule has 1 fully saturated rings. The van der Waals surface area contributed by atoms with Gasteiger partial charge in [-0.2, -0.15) is 0 Å². The fourth-order valence-electron chi connectivity index (χ4n) is 5.52. The van der Waals surface area contributed by atoms with Crippen molar-refractivity contribution in [3.05, 3.63) is 84.4 Å². The Hall–Kier alpha value is -4.05. The molecule has 1 saturated carbocycles. The molecule has 3 aromatic rings. The Bertz CT molecular complexity index is 1460. The maximum absolute atomic E-state index is 14.3. The van der Waals surface area contributed by atoms with Crippen LogP contribution in [0.25, 0.3) is 0 Å². The number of nitrogens with zero attached hydrogens (tertiary/aromatic N) is 2. The van der Waals surface area contributed by atoms with E-state index in [1.54, 1.807) is 61.7 Å². The van der Waals surface area contributed by atoms with Crippen molar-refractivity contribution in [2.75, 3.05) is 24.6 Å². The molecule has 44 heavy (non-hydrogen) atoms. The third-order valence-electron chi connectivity index (χ3n) is 7.90. The molecular formula is C34H43N3O6S. The molecule has 1 aliphatic rings. The normalized spacial score (nSPS) is 14.3. The van der Waals surface area contributed by atoms with E-state index in [0.29, 0.717) is 30.2 Å². The first kappa shape index (κ1) is 32.9. The van der Waals surface area contributed by atoms with Crippen molar-refractivity contribution in [3.8, 4) is 11.5 Å². The SMILES string of the molecule is CCOc1ccc(S(=O)(=O)N(CC(=O)N(Cc2ccc(OC)cc2)[C@@H](CC)C(=O)NC2CCCCC2)c2ccccc2)cc1. The molecule has 0 saturated heterocycles. The fraction of sp³-hybridized carbons (Fsp3) is 0.412. The van der Waals surface area contributed by atoms with E-state index in [1.807, 2.05) is 26.0 Å². The number of ether oxygens (including phenoxy) is 2. The van der Waals surface area contributed by atoms with Crippen LogP contribution < -0.4 is 19.1 Å². The largest absolute Gasteiger partial charge is 0.497 e. The van der Waals surface area contributed by atoms with Gasteiger partial charge in [0, 0.05) is 12.6 Å². The monoisotopic (exact) mass is 621 g/mol. The van der Waals surface area contributed by atoms with Crippen molar-refractivity contribution in [1.82, 2.24) is 10.2 Å². The van der Waals surface area contributed by atoms with Crippen LogP contribution in [0.5, 0.6) is 11.5 Å². The van der Waals surface area contributed by atoms with Crippen molar-refractivity contribution >= 4 is 27.5 Å². The first-order chi connectivity index (χ1) is 21.3. The molecule has 0 spiro atoms. The first-order valence-electron chi connectivity index (χ1n) is 15.3. The van der Waals surface area contributed by atoms with Crippen molar-refractivity contribution in [1.29, 1.82) is 0 Å². The van der Waals surface area contributed by atoms with E-state index in [-0.39, 0.29) is 23.4 Å². The summed E-state index contributed by atoms with van der Waals surface area (Å²) >= 11 is 0. The highest BCUT2D eigenvalue weighted by atomic mass is 32.2. The molecule has 236 valence electrons. The Labute approximate surface area is 261 Å². The molecule has 0 bridgehead atoms. The maximum atomic E-state index is 14.3. The molecule has 10 heteroatoms. The number of carbonyl (C=O) groups is 2. The zero-order valence-electron chi connectivity index (χ0n) is 25.8. The molecule has 9 nitrogen and oxygen atoms in total. The van der Waals surface area contributed by atoms with Gasteiger partial charge in [-0.05, 0) is 80.3 Å². The second-order valence-electron chi connectivity index (χ2n) is 10.9. The first-order valence-corrected chi connectivity index (χ1v) is 16.7. The van der Waals surface area contributed by atoms with Crippen molar-refractivity contribution in [3.63, 3.8) is 0 Å². The predicted molar refractivity (Wildman–Crippen MR) is 171 cm³/mol. The van der Waals surface area contributed by atoms with Crippen LogP contribution in [0.3, 0.4) is 0 Å². The van der Waals surface area contributed by atoms with E-state index >= 15 is 0 Å². The summed E-state index contributed by atoms with van der Waals surface area (Å²) in [5, 5.41) is 3.17. The average Bonchev–Trinajstić information content (AvgIpc) is 3.05. The van der Waals surface area contributed by atoms with E-state index < -0.39 is 28.5 Å². The fourth-order valence-corrected chi connectivity index (χ4v) is 6.93. The molecule has 1 N–H and O–H groups in total. The lowest BCUT2D eigenvalue weighted by Crippen LogP contribution is -2.54. The molecule has 0 unspecified atom stereocenters.